The Morgan fingerprint density at radius 2 is 2.00 bits per heavy atom. The lowest BCUT2D eigenvalue weighted by Crippen LogP contribution is -2.32. The van der Waals surface area contributed by atoms with Gasteiger partial charge >= 0.3 is 0 Å². The SMILES string of the molecule is CC(C)CCCCNCC(O)COc1ccc(Cl)cc1Cl. The molecule has 0 saturated carbocycles. The number of ether oxygens (including phenoxy) is 1. The van der Waals surface area contributed by atoms with Crippen LogP contribution in [-0.4, -0.2) is 30.9 Å². The highest BCUT2D eigenvalue weighted by molar-refractivity contribution is 6.35. The van der Waals surface area contributed by atoms with Gasteiger partial charge in [0.25, 0.3) is 0 Å². The monoisotopic (exact) mass is 333 g/mol. The predicted molar refractivity (Wildman–Crippen MR) is 89.5 cm³/mol. The Bertz CT molecular complexity index is 413. The number of hydrogen-bond acceptors (Lipinski definition) is 3. The van der Waals surface area contributed by atoms with E-state index < -0.39 is 6.10 Å². The first-order chi connectivity index (χ1) is 9.99. The molecule has 3 nitrogen and oxygen atoms in total. The molecule has 0 spiro atoms. The number of benzene rings is 1. The van der Waals surface area contributed by atoms with Gasteiger partial charge in [-0.15, -0.1) is 0 Å². The minimum absolute atomic E-state index is 0.209. The molecule has 120 valence electrons. The average molecular weight is 334 g/mol. The minimum Gasteiger partial charge on any atom is -0.489 e. The third kappa shape index (κ3) is 8.52. The highest BCUT2D eigenvalue weighted by Gasteiger charge is 2.07. The van der Waals surface area contributed by atoms with E-state index in [2.05, 4.69) is 19.2 Å². The van der Waals surface area contributed by atoms with Gasteiger partial charge in [0.05, 0.1) is 5.02 Å². The number of aliphatic hydroxyl groups is 1. The number of halogens is 2. The van der Waals surface area contributed by atoms with E-state index in [1.807, 2.05) is 0 Å². The van der Waals surface area contributed by atoms with E-state index in [4.69, 9.17) is 27.9 Å². The molecule has 2 N–H and O–H groups in total. The van der Waals surface area contributed by atoms with Crippen LogP contribution >= 0.6 is 23.2 Å². The second-order valence-corrected chi connectivity index (χ2v) is 6.48. The van der Waals surface area contributed by atoms with E-state index in [9.17, 15) is 5.11 Å². The zero-order valence-electron chi connectivity index (χ0n) is 12.7. The van der Waals surface area contributed by atoms with Gasteiger partial charge in [0, 0.05) is 11.6 Å². The van der Waals surface area contributed by atoms with Gasteiger partial charge in [0.1, 0.15) is 18.5 Å². The second kappa shape index (κ2) is 10.3. The third-order valence-corrected chi connectivity index (χ3v) is 3.62. The fraction of sp³-hybridized carbons (Fsp3) is 0.625. The maximum absolute atomic E-state index is 9.84. The van der Waals surface area contributed by atoms with Crippen LogP contribution in [0.15, 0.2) is 18.2 Å². The Kier molecular flexibility index (Phi) is 9.09. The van der Waals surface area contributed by atoms with Crippen LogP contribution in [0.1, 0.15) is 33.1 Å². The summed E-state index contributed by atoms with van der Waals surface area (Å²) in [6.45, 7) is 6.12. The van der Waals surface area contributed by atoms with Crippen molar-refractivity contribution in [3.05, 3.63) is 28.2 Å². The van der Waals surface area contributed by atoms with Gasteiger partial charge in [-0.2, -0.15) is 0 Å². The van der Waals surface area contributed by atoms with E-state index in [1.54, 1.807) is 18.2 Å². The number of unbranched alkanes of at least 4 members (excludes halogenated alkanes) is 1. The topological polar surface area (TPSA) is 41.5 Å². The van der Waals surface area contributed by atoms with Crippen molar-refractivity contribution in [3.63, 3.8) is 0 Å². The fourth-order valence-electron chi connectivity index (χ4n) is 1.91. The molecule has 1 aromatic rings. The van der Waals surface area contributed by atoms with E-state index >= 15 is 0 Å². The summed E-state index contributed by atoms with van der Waals surface area (Å²) in [6.07, 6.45) is 3.05. The first-order valence-electron chi connectivity index (χ1n) is 7.45. The summed E-state index contributed by atoms with van der Waals surface area (Å²) in [7, 11) is 0. The van der Waals surface area contributed by atoms with Crippen molar-refractivity contribution >= 4 is 23.2 Å². The molecule has 0 amide bonds. The minimum atomic E-state index is -0.554. The quantitative estimate of drug-likeness (QED) is 0.632. The normalized spacial score (nSPS) is 12.7. The number of nitrogens with one attached hydrogen (secondary N) is 1. The molecule has 0 aliphatic carbocycles. The molecule has 21 heavy (non-hydrogen) atoms. The summed E-state index contributed by atoms with van der Waals surface area (Å²) >= 11 is 11.8. The molecule has 0 heterocycles. The molecule has 5 heteroatoms. The summed E-state index contributed by atoms with van der Waals surface area (Å²) in [5, 5.41) is 14.1. The molecule has 0 aliphatic heterocycles. The molecular formula is C16H25Cl2NO2. The summed E-state index contributed by atoms with van der Waals surface area (Å²) in [5.74, 6) is 1.30. The third-order valence-electron chi connectivity index (χ3n) is 3.09. The van der Waals surface area contributed by atoms with Crippen molar-refractivity contribution in [1.82, 2.24) is 5.32 Å². The van der Waals surface area contributed by atoms with Crippen LogP contribution < -0.4 is 10.1 Å². The number of rotatable bonds is 10. The van der Waals surface area contributed by atoms with Crippen LogP contribution in [0.4, 0.5) is 0 Å². The van der Waals surface area contributed by atoms with Crippen LogP contribution in [0.3, 0.4) is 0 Å². The molecule has 0 aromatic heterocycles. The smallest absolute Gasteiger partial charge is 0.138 e. The Hall–Kier alpha value is -0.480. The largest absolute Gasteiger partial charge is 0.489 e. The lowest BCUT2D eigenvalue weighted by molar-refractivity contribution is 0.106. The lowest BCUT2D eigenvalue weighted by atomic mass is 10.1. The summed E-state index contributed by atoms with van der Waals surface area (Å²) < 4.78 is 5.48. The first-order valence-corrected chi connectivity index (χ1v) is 8.21. The summed E-state index contributed by atoms with van der Waals surface area (Å²) in [5.41, 5.74) is 0. The van der Waals surface area contributed by atoms with Crippen LogP contribution in [0, 0.1) is 5.92 Å². The van der Waals surface area contributed by atoms with Gasteiger partial charge in [-0.05, 0) is 37.1 Å². The highest BCUT2D eigenvalue weighted by Crippen LogP contribution is 2.27. The van der Waals surface area contributed by atoms with Gasteiger partial charge in [-0.25, -0.2) is 0 Å². The van der Waals surface area contributed by atoms with E-state index in [1.165, 1.54) is 12.8 Å². The maximum Gasteiger partial charge on any atom is 0.138 e. The fourth-order valence-corrected chi connectivity index (χ4v) is 2.37. The maximum atomic E-state index is 9.84. The van der Waals surface area contributed by atoms with Crippen LogP contribution in [0.5, 0.6) is 5.75 Å². The molecule has 0 bridgehead atoms. The summed E-state index contributed by atoms with van der Waals surface area (Å²) in [6, 6.07) is 5.04. The van der Waals surface area contributed by atoms with Gasteiger partial charge in [-0.3, -0.25) is 0 Å². The molecule has 1 unspecified atom stereocenters. The van der Waals surface area contributed by atoms with E-state index in [0.29, 0.717) is 22.3 Å². The Morgan fingerprint density at radius 3 is 2.67 bits per heavy atom. The van der Waals surface area contributed by atoms with E-state index in [0.717, 1.165) is 18.9 Å². The van der Waals surface area contributed by atoms with E-state index in [-0.39, 0.29) is 6.61 Å². The van der Waals surface area contributed by atoms with Crippen molar-refractivity contribution in [1.29, 1.82) is 0 Å². The molecule has 0 aliphatic rings. The van der Waals surface area contributed by atoms with Gasteiger partial charge in [-0.1, -0.05) is 49.9 Å². The van der Waals surface area contributed by atoms with Crippen molar-refractivity contribution in [2.24, 2.45) is 5.92 Å². The number of hydrogen-bond donors (Lipinski definition) is 2. The molecule has 1 aromatic carbocycles. The van der Waals surface area contributed by atoms with Gasteiger partial charge in [0.2, 0.25) is 0 Å². The Morgan fingerprint density at radius 1 is 1.24 bits per heavy atom. The standard InChI is InChI=1S/C16H25Cl2NO2/c1-12(2)5-3-4-8-19-10-14(20)11-21-16-7-6-13(17)9-15(16)18/h6-7,9,12,14,19-20H,3-5,8,10-11H2,1-2H3. The molecule has 0 radical (unpaired) electrons. The van der Waals surface area contributed by atoms with Crippen molar-refractivity contribution in [2.75, 3.05) is 19.7 Å². The highest BCUT2D eigenvalue weighted by atomic mass is 35.5. The van der Waals surface area contributed by atoms with Gasteiger partial charge in [0.15, 0.2) is 0 Å². The predicted octanol–water partition coefficient (Wildman–Crippen LogP) is 4.15. The zero-order valence-corrected chi connectivity index (χ0v) is 14.3. The Balaban J connectivity index is 2.12. The number of aliphatic hydroxyl groups excluding tert-OH is 1. The molecule has 0 fully saturated rings. The van der Waals surface area contributed by atoms with Crippen LogP contribution in [0.25, 0.3) is 0 Å². The second-order valence-electron chi connectivity index (χ2n) is 5.63. The van der Waals surface area contributed by atoms with Crippen LogP contribution in [-0.2, 0) is 0 Å². The summed E-state index contributed by atoms with van der Waals surface area (Å²) in [4.78, 5) is 0. The molecule has 1 rings (SSSR count). The molecule has 0 saturated heterocycles. The van der Waals surface area contributed by atoms with Crippen molar-refractivity contribution in [3.8, 4) is 5.75 Å². The Labute approximate surface area is 137 Å². The molecule has 1 atom stereocenters. The van der Waals surface area contributed by atoms with Crippen molar-refractivity contribution in [2.45, 2.75) is 39.2 Å². The average Bonchev–Trinajstić information content (AvgIpc) is 2.41. The lowest BCUT2D eigenvalue weighted by Gasteiger charge is -2.14. The van der Waals surface area contributed by atoms with Gasteiger partial charge < -0.3 is 15.2 Å². The molecular weight excluding hydrogens is 309 g/mol. The van der Waals surface area contributed by atoms with Crippen molar-refractivity contribution < 1.29 is 9.84 Å². The zero-order chi connectivity index (χ0) is 15.7. The van der Waals surface area contributed by atoms with Crippen LogP contribution in [0.2, 0.25) is 10.0 Å². The first kappa shape index (κ1) is 18.6.